The van der Waals surface area contributed by atoms with Gasteiger partial charge >= 0.3 is 12.1 Å². The first-order chi connectivity index (χ1) is 18.5. The van der Waals surface area contributed by atoms with Gasteiger partial charge in [-0.3, -0.25) is 4.79 Å². The van der Waals surface area contributed by atoms with E-state index in [1.54, 1.807) is 13.1 Å². The highest BCUT2D eigenvalue weighted by Gasteiger charge is 2.51. The molecule has 212 valence electrons. The Morgan fingerprint density at radius 3 is 2.69 bits per heavy atom. The van der Waals surface area contributed by atoms with Crippen LogP contribution in [-0.4, -0.2) is 64.2 Å². The van der Waals surface area contributed by atoms with Crippen molar-refractivity contribution in [2.24, 2.45) is 5.41 Å². The maximum absolute atomic E-state index is 14.0. The van der Waals surface area contributed by atoms with Crippen LogP contribution in [0, 0.1) is 5.41 Å². The van der Waals surface area contributed by atoms with Crippen LogP contribution in [0.3, 0.4) is 0 Å². The molecule has 4 atom stereocenters. The van der Waals surface area contributed by atoms with E-state index in [9.17, 15) is 14.4 Å². The molecule has 3 heterocycles. The number of hydrogen-bond acceptors (Lipinski definition) is 7. The van der Waals surface area contributed by atoms with E-state index in [0.717, 1.165) is 40.1 Å². The molecule has 1 aromatic carbocycles. The first kappa shape index (κ1) is 29.6. The van der Waals surface area contributed by atoms with Gasteiger partial charge in [0.25, 0.3) is 0 Å². The molecule has 9 nitrogen and oxygen atoms in total. The van der Waals surface area contributed by atoms with Crippen LogP contribution in [0.2, 0.25) is 0 Å². The molecule has 0 radical (unpaired) electrons. The number of alkyl halides is 1. The number of alkyl carbamates (subject to hydrolysis) is 1. The molecule has 0 aliphatic carbocycles. The van der Waals surface area contributed by atoms with Crippen LogP contribution in [-0.2, 0) is 25.5 Å². The number of cyclic esters (lactones) is 1. The fraction of sp³-hybridized carbons (Fsp3) is 0.571. The third kappa shape index (κ3) is 6.51. The van der Waals surface area contributed by atoms with E-state index >= 15 is 0 Å². The number of hydrogen-bond donors (Lipinski definition) is 1. The second-order valence-corrected chi connectivity index (χ2v) is 12.7. The molecule has 0 saturated carbocycles. The zero-order valence-electron chi connectivity index (χ0n) is 22.7. The lowest BCUT2D eigenvalue weighted by Gasteiger charge is -2.36. The number of carbonyl (C=O) groups excluding carboxylic acids is 3. The second kappa shape index (κ2) is 12.4. The zero-order chi connectivity index (χ0) is 28.3. The number of esters is 1. The van der Waals surface area contributed by atoms with E-state index in [1.165, 1.54) is 4.90 Å². The lowest BCUT2D eigenvalue weighted by Crippen LogP contribution is -2.58. The SMILES string of the molecule is CCOC(=O)[C@@H]1C[C@H]2Oc3nccc4ccc(c(Br)c34)CCCCCOC(=O)N[C@@H](C(C)(C)C)C(=O)N1C2Br. The number of nitrogens with one attached hydrogen (secondary N) is 1. The molecule has 2 amide bonds. The predicted octanol–water partition coefficient (Wildman–Crippen LogP) is 5.50. The summed E-state index contributed by atoms with van der Waals surface area (Å²) in [5.41, 5.74) is 0.455. The van der Waals surface area contributed by atoms with E-state index in [1.807, 2.05) is 32.9 Å². The Morgan fingerprint density at radius 2 is 1.97 bits per heavy atom. The van der Waals surface area contributed by atoms with Gasteiger partial charge in [-0.15, -0.1) is 0 Å². The lowest BCUT2D eigenvalue weighted by atomic mass is 9.85. The van der Waals surface area contributed by atoms with E-state index in [0.29, 0.717) is 12.3 Å². The van der Waals surface area contributed by atoms with E-state index in [4.69, 9.17) is 14.2 Å². The van der Waals surface area contributed by atoms with E-state index in [-0.39, 0.29) is 19.6 Å². The number of aromatic nitrogens is 1. The van der Waals surface area contributed by atoms with Gasteiger partial charge in [-0.25, -0.2) is 14.6 Å². The van der Waals surface area contributed by atoms with Gasteiger partial charge in [0.15, 0.2) is 0 Å². The van der Waals surface area contributed by atoms with Gasteiger partial charge in [0, 0.05) is 17.1 Å². The quantitative estimate of drug-likeness (QED) is 0.256. The van der Waals surface area contributed by atoms with Crippen molar-refractivity contribution in [3.05, 3.63) is 34.4 Å². The van der Waals surface area contributed by atoms with Crippen LogP contribution in [0.25, 0.3) is 10.8 Å². The molecule has 11 heteroatoms. The van der Waals surface area contributed by atoms with Crippen molar-refractivity contribution in [2.75, 3.05) is 13.2 Å². The Labute approximate surface area is 245 Å². The molecule has 1 fully saturated rings. The minimum Gasteiger partial charge on any atom is -0.471 e. The minimum atomic E-state index is -0.952. The average Bonchev–Trinajstić information content (AvgIpc) is 3.20. The molecule has 2 aliphatic heterocycles. The number of rotatable bonds is 2. The molecule has 1 unspecified atom stereocenters. The monoisotopic (exact) mass is 667 g/mol. The number of amides is 2. The van der Waals surface area contributed by atoms with Gasteiger partial charge in [-0.2, -0.15) is 0 Å². The zero-order valence-corrected chi connectivity index (χ0v) is 25.8. The highest BCUT2D eigenvalue weighted by Crippen LogP contribution is 2.39. The minimum absolute atomic E-state index is 0.170. The summed E-state index contributed by atoms with van der Waals surface area (Å²) in [5.74, 6) is -0.541. The maximum Gasteiger partial charge on any atom is 0.407 e. The summed E-state index contributed by atoms with van der Waals surface area (Å²) in [6, 6.07) is 4.19. The molecular weight excluding hydrogens is 634 g/mol. The number of benzene rings is 1. The summed E-state index contributed by atoms with van der Waals surface area (Å²) in [6.45, 7) is 7.69. The number of carbonyl (C=O) groups is 3. The van der Waals surface area contributed by atoms with Gasteiger partial charge < -0.3 is 24.4 Å². The van der Waals surface area contributed by atoms with Gasteiger partial charge in [0.05, 0.1) is 18.6 Å². The summed E-state index contributed by atoms with van der Waals surface area (Å²) >= 11 is 7.42. The van der Waals surface area contributed by atoms with Crippen molar-refractivity contribution < 1.29 is 28.6 Å². The Balaban J connectivity index is 1.78. The van der Waals surface area contributed by atoms with Crippen molar-refractivity contribution in [3.8, 4) is 5.88 Å². The van der Waals surface area contributed by atoms with Crippen LogP contribution in [0.5, 0.6) is 5.88 Å². The van der Waals surface area contributed by atoms with Crippen LogP contribution in [0.1, 0.15) is 58.9 Å². The molecule has 4 bridgehead atoms. The van der Waals surface area contributed by atoms with Crippen LogP contribution < -0.4 is 10.1 Å². The molecule has 1 aromatic heterocycles. The molecule has 39 heavy (non-hydrogen) atoms. The Morgan fingerprint density at radius 1 is 1.21 bits per heavy atom. The average molecular weight is 669 g/mol. The van der Waals surface area contributed by atoms with Crippen molar-refractivity contribution >= 4 is 60.6 Å². The standard InChI is InChI=1S/C28H35Br2N3O6/c1-5-37-26(35)18-15-19-23(30)33(18)25(34)22(28(2,3)4)32-27(36)38-14-8-6-7-9-17-11-10-16-12-13-31-24(39-19)20(16)21(17)29/h10-13,18-19,22-23H,5-9,14-15H2,1-4H3,(H,32,36)/t18-,19+,22+,23?/m0/s1. The second-order valence-electron chi connectivity index (χ2n) is 10.9. The smallest absolute Gasteiger partial charge is 0.407 e. The highest BCUT2D eigenvalue weighted by atomic mass is 79.9. The number of nitrogens with zero attached hydrogens (tertiary/aromatic N) is 2. The summed E-state index contributed by atoms with van der Waals surface area (Å²) in [4.78, 5) is 45.1. The Kier molecular flexibility index (Phi) is 9.41. The normalized spacial score (nSPS) is 24.9. The largest absolute Gasteiger partial charge is 0.471 e. The predicted molar refractivity (Wildman–Crippen MR) is 154 cm³/mol. The number of ether oxygens (including phenoxy) is 3. The number of aryl methyl sites for hydroxylation is 1. The molecule has 4 rings (SSSR count). The molecule has 0 spiro atoms. The van der Waals surface area contributed by atoms with Crippen molar-refractivity contribution in [1.29, 1.82) is 0 Å². The van der Waals surface area contributed by atoms with Crippen molar-refractivity contribution in [3.63, 3.8) is 0 Å². The van der Waals surface area contributed by atoms with Crippen molar-refractivity contribution in [1.82, 2.24) is 15.2 Å². The molecule has 2 aliphatic rings. The van der Waals surface area contributed by atoms with Crippen LogP contribution >= 0.6 is 31.9 Å². The van der Waals surface area contributed by atoms with E-state index in [2.05, 4.69) is 48.2 Å². The fourth-order valence-electron chi connectivity index (χ4n) is 5.01. The first-order valence-corrected chi connectivity index (χ1v) is 15.0. The lowest BCUT2D eigenvalue weighted by molar-refractivity contribution is -0.154. The first-order valence-electron chi connectivity index (χ1n) is 13.3. The third-order valence-electron chi connectivity index (χ3n) is 7.05. The van der Waals surface area contributed by atoms with Gasteiger partial charge in [0.2, 0.25) is 11.8 Å². The maximum atomic E-state index is 14.0. The summed E-state index contributed by atoms with van der Waals surface area (Å²) in [6.07, 6.45) is 3.92. The molecular formula is C28H35Br2N3O6. The fourth-order valence-corrected chi connectivity index (χ4v) is 6.55. The van der Waals surface area contributed by atoms with Crippen LogP contribution in [0.15, 0.2) is 28.9 Å². The molecule has 1 saturated heterocycles. The van der Waals surface area contributed by atoms with Crippen LogP contribution in [0.4, 0.5) is 4.79 Å². The van der Waals surface area contributed by atoms with Gasteiger partial charge in [-0.1, -0.05) is 48.8 Å². The highest BCUT2D eigenvalue weighted by molar-refractivity contribution is 9.10. The topological polar surface area (TPSA) is 107 Å². The number of fused-ring (bicyclic) bond motifs is 3. The summed E-state index contributed by atoms with van der Waals surface area (Å²) in [7, 11) is 0. The van der Waals surface area contributed by atoms with Gasteiger partial charge in [0.1, 0.15) is 23.1 Å². The van der Waals surface area contributed by atoms with Crippen molar-refractivity contribution in [2.45, 2.75) is 82.9 Å². The summed E-state index contributed by atoms with van der Waals surface area (Å²) < 4.78 is 18.1. The number of pyridine rings is 1. The Bertz CT molecular complexity index is 1230. The van der Waals surface area contributed by atoms with Gasteiger partial charge in [-0.05, 0) is 71.0 Å². The molecule has 1 N–H and O–H groups in total. The Hall–Kier alpha value is -2.40. The third-order valence-corrected chi connectivity index (χ3v) is 8.99. The molecule has 2 aromatic rings. The number of halogens is 2. The van der Waals surface area contributed by atoms with E-state index < -0.39 is 46.5 Å². The summed E-state index contributed by atoms with van der Waals surface area (Å²) in [5, 5.41) is 4.56.